The number of ketones is 1. The highest BCUT2D eigenvalue weighted by atomic mass is 16.1. The Bertz CT molecular complexity index is 597. The van der Waals surface area contributed by atoms with Gasteiger partial charge in [0.1, 0.15) is 5.69 Å². The van der Waals surface area contributed by atoms with Crippen LogP contribution in [-0.2, 0) is 7.05 Å². The van der Waals surface area contributed by atoms with Gasteiger partial charge in [0, 0.05) is 39.0 Å². The molecule has 1 aromatic carbocycles. The van der Waals surface area contributed by atoms with Crippen molar-refractivity contribution >= 4 is 5.78 Å². The summed E-state index contributed by atoms with van der Waals surface area (Å²) >= 11 is 0. The number of hydrogen-bond donors (Lipinski definition) is 0. The molecule has 2 rings (SSSR count). The van der Waals surface area contributed by atoms with Crippen LogP contribution in [-0.4, -0.2) is 34.3 Å². The number of aromatic nitrogens is 2. The van der Waals surface area contributed by atoms with Crippen molar-refractivity contribution in [2.45, 2.75) is 0 Å². The molecule has 4 heteroatoms. The van der Waals surface area contributed by atoms with Gasteiger partial charge in [-0.2, -0.15) is 0 Å². The van der Waals surface area contributed by atoms with Crippen molar-refractivity contribution in [2.75, 3.05) is 14.1 Å². The van der Waals surface area contributed by atoms with E-state index in [0.29, 0.717) is 5.69 Å². The Morgan fingerprint density at radius 2 is 1.95 bits per heavy atom. The van der Waals surface area contributed by atoms with E-state index >= 15 is 0 Å². The second-order valence-electron chi connectivity index (χ2n) is 4.56. The number of hydrogen-bond acceptors (Lipinski definition) is 3. The van der Waals surface area contributed by atoms with Crippen LogP contribution in [0.1, 0.15) is 10.5 Å². The molecule has 0 saturated carbocycles. The van der Waals surface area contributed by atoms with Crippen LogP contribution in [0.2, 0.25) is 0 Å². The van der Waals surface area contributed by atoms with E-state index in [1.807, 2.05) is 56.4 Å². The minimum absolute atomic E-state index is 0.0486. The van der Waals surface area contributed by atoms with E-state index in [2.05, 4.69) is 4.98 Å². The van der Waals surface area contributed by atoms with Crippen molar-refractivity contribution in [2.24, 2.45) is 7.05 Å². The molecule has 1 aromatic heterocycles. The Balaban J connectivity index is 2.41. The van der Waals surface area contributed by atoms with Gasteiger partial charge in [-0.1, -0.05) is 30.3 Å². The minimum atomic E-state index is -0.0486. The predicted molar refractivity (Wildman–Crippen MR) is 75.8 cm³/mol. The molecule has 0 amide bonds. The van der Waals surface area contributed by atoms with Gasteiger partial charge in [0.2, 0.25) is 5.78 Å². The lowest BCUT2D eigenvalue weighted by atomic mass is 10.1. The quantitative estimate of drug-likeness (QED) is 0.621. The molecule has 0 spiro atoms. The average Bonchev–Trinajstić information content (AvgIpc) is 2.79. The van der Waals surface area contributed by atoms with E-state index < -0.39 is 0 Å². The number of aryl methyl sites for hydroxylation is 1. The van der Waals surface area contributed by atoms with Crippen LogP contribution in [0.15, 0.2) is 48.9 Å². The number of allylic oxidation sites excluding steroid dienone is 1. The highest BCUT2D eigenvalue weighted by molar-refractivity contribution is 6.07. The minimum Gasteiger partial charge on any atom is -0.383 e. The van der Waals surface area contributed by atoms with Crippen LogP contribution < -0.4 is 0 Å². The van der Waals surface area contributed by atoms with E-state index in [-0.39, 0.29) is 5.78 Å². The molecule has 0 N–H and O–H groups in total. The Kier molecular flexibility index (Phi) is 3.80. The van der Waals surface area contributed by atoms with E-state index in [4.69, 9.17) is 0 Å². The number of imidazole rings is 1. The highest BCUT2D eigenvalue weighted by Gasteiger charge is 2.16. The first-order valence-electron chi connectivity index (χ1n) is 6.05. The normalized spacial score (nSPS) is 10.9. The van der Waals surface area contributed by atoms with E-state index in [9.17, 15) is 4.79 Å². The lowest BCUT2D eigenvalue weighted by Gasteiger charge is -2.05. The van der Waals surface area contributed by atoms with Crippen molar-refractivity contribution in [3.63, 3.8) is 0 Å². The fraction of sp³-hybridized carbons (Fsp3) is 0.200. The molecule has 0 saturated heterocycles. The lowest BCUT2D eigenvalue weighted by molar-refractivity contribution is 0.103. The molecule has 0 aliphatic carbocycles. The SMILES string of the molecule is CN(C)/C=C/C(=O)c1c(-c2ccccc2)ncn1C. The van der Waals surface area contributed by atoms with Crippen LogP contribution in [0.4, 0.5) is 0 Å². The maximum atomic E-state index is 12.3. The Morgan fingerprint density at radius 1 is 1.26 bits per heavy atom. The zero-order chi connectivity index (χ0) is 13.8. The molecule has 0 unspecified atom stereocenters. The molecule has 0 bridgehead atoms. The summed E-state index contributed by atoms with van der Waals surface area (Å²) in [5.41, 5.74) is 2.27. The van der Waals surface area contributed by atoms with Gasteiger partial charge in [0.15, 0.2) is 0 Å². The topological polar surface area (TPSA) is 38.1 Å². The monoisotopic (exact) mass is 255 g/mol. The van der Waals surface area contributed by atoms with Gasteiger partial charge in [0.25, 0.3) is 0 Å². The summed E-state index contributed by atoms with van der Waals surface area (Å²) in [5, 5.41) is 0. The first kappa shape index (κ1) is 13.1. The third-order valence-corrected chi connectivity index (χ3v) is 2.74. The van der Waals surface area contributed by atoms with Gasteiger partial charge in [-0.15, -0.1) is 0 Å². The maximum absolute atomic E-state index is 12.3. The van der Waals surface area contributed by atoms with Gasteiger partial charge in [-0.05, 0) is 0 Å². The molecule has 98 valence electrons. The third-order valence-electron chi connectivity index (χ3n) is 2.74. The van der Waals surface area contributed by atoms with Crippen molar-refractivity contribution in [3.8, 4) is 11.3 Å². The van der Waals surface area contributed by atoms with E-state index in [1.54, 1.807) is 23.2 Å². The van der Waals surface area contributed by atoms with Crippen LogP contribution in [0.25, 0.3) is 11.3 Å². The maximum Gasteiger partial charge on any atom is 0.205 e. The first-order chi connectivity index (χ1) is 9.09. The largest absolute Gasteiger partial charge is 0.383 e. The third kappa shape index (κ3) is 2.91. The van der Waals surface area contributed by atoms with Crippen LogP contribution >= 0.6 is 0 Å². The molecule has 2 aromatic rings. The number of benzene rings is 1. The van der Waals surface area contributed by atoms with Crippen LogP contribution in [0.5, 0.6) is 0 Å². The summed E-state index contributed by atoms with van der Waals surface area (Å²) in [6.45, 7) is 0. The molecule has 19 heavy (non-hydrogen) atoms. The highest BCUT2D eigenvalue weighted by Crippen LogP contribution is 2.22. The van der Waals surface area contributed by atoms with Gasteiger partial charge < -0.3 is 9.47 Å². The van der Waals surface area contributed by atoms with Crippen LogP contribution in [0, 0.1) is 0 Å². The van der Waals surface area contributed by atoms with Crippen molar-refractivity contribution in [1.29, 1.82) is 0 Å². The molecule has 0 radical (unpaired) electrons. The zero-order valence-electron chi connectivity index (χ0n) is 11.4. The summed E-state index contributed by atoms with van der Waals surface area (Å²) in [4.78, 5) is 18.4. The van der Waals surface area contributed by atoms with Crippen molar-refractivity contribution < 1.29 is 4.79 Å². The number of carbonyl (C=O) groups excluding carboxylic acids is 1. The van der Waals surface area contributed by atoms with Gasteiger partial charge in [-0.3, -0.25) is 4.79 Å². The number of carbonyl (C=O) groups is 1. The van der Waals surface area contributed by atoms with E-state index in [1.165, 1.54) is 0 Å². The summed E-state index contributed by atoms with van der Waals surface area (Å²) in [5.74, 6) is -0.0486. The lowest BCUT2D eigenvalue weighted by Crippen LogP contribution is -2.07. The summed E-state index contributed by atoms with van der Waals surface area (Å²) in [6, 6.07) is 9.73. The van der Waals surface area contributed by atoms with Crippen molar-refractivity contribution in [3.05, 3.63) is 54.6 Å². The van der Waals surface area contributed by atoms with Gasteiger partial charge in [0.05, 0.1) is 12.0 Å². The molecule has 4 nitrogen and oxygen atoms in total. The summed E-state index contributed by atoms with van der Waals surface area (Å²) in [6.07, 6.45) is 4.96. The molecule has 0 fully saturated rings. The summed E-state index contributed by atoms with van der Waals surface area (Å²) in [7, 11) is 5.59. The smallest absolute Gasteiger partial charge is 0.205 e. The first-order valence-corrected chi connectivity index (χ1v) is 6.05. The molecule has 0 aliphatic heterocycles. The van der Waals surface area contributed by atoms with Gasteiger partial charge >= 0.3 is 0 Å². The van der Waals surface area contributed by atoms with Gasteiger partial charge in [-0.25, -0.2) is 4.98 Å². The Hall–Kier alpha value is -2.36. The van der Waals surface area contributed by atoms with Crippen molar-refractivity contribution in [1.82, 2.24) is 14.5 Å². The van der Waals surface area contributed by atoms with E-state index in [0.717, 1.165) is 11.3 Å². The fourth-order valence-electron chi connectivity index (χ4n) is 1.82. The molecule has 1 heterocycles. The standard InChI is InChI=1S/C15H17N3O/c1-17(2)10-9-13(19)15-14(16-11-18(15)3)12-7-5-4-6-8-12/h4-11H,1-3H3/b10-9+. The predicted octanol–water partition coefficient (Wildman–Crippen LogP) is 2.35. The average molecular weight is 255 g/mol. The zero-order valence-corrected chi connectivity index (χ0v) is 11.4. The molecule has 0 atom stereocenters. The Labute approximate surface area is 113 Å². The molecule has 0 aliphatic rings. The fourth-order valence-corrected chi connectivity index (χ4v) is 1.82. The Morgan fingerprint density at radius 3 is 2.58 bits per heavy atom. The molecular formula is C15H17N3O. The van der Waals surface area contributed by atoms with Crippen LogP contribution in [0.3, 0.4) is 0 Å². The second kappa shape index (κ2) is 5.52. The summed E-state index contributed by atoms with van der Waals surface area (Å²) < 4.78 is 1.75. The second-order valence-corrected chi connectivity index (χ2v) is 4.56. The number of rotatable bonds is 4. The molecular weight excluding hydrogens is 238 g/mol. The number of nitrogens with zero attached hydrogens (tertiary/aromatic N) is 3.